The summed E-state index contributed by atoms with van der Waals surface area (Å²) >= 11 is 0. The van der Waals surface area contributed by atoms with Crippen molar-refractivity contribution in [3.63, 3.8) is 0 Å². The Morgan fingerprint density at radius 2 is 2.00 bits per heavy atom. The SMILES string of the molecule is CC(C)CN=C(N)NC1(C(F)(F)F)CC1. The molecule has 0 aromatic rings. The van der Waals surface area contributed by atoms with E-state index in [-0.39, 0.29) is 24.7 Å². The van der Waals surface area contributed by atoms with Gasteiger partial charge in [-0.3, -0.25) is 4.99 Å². The van der Waals surface area contributed by atoms with Crippen molar-refractivity contribution in [2.75, 3.05) is 6.54 Å². The van der Waals surface area contributed by atoms with Crippen LogP contribution in [0.25, 0.3) is 0 Å². The van der Waals surface area contributed by atoms with Crippen molar-refractivity contribution >= 4 is 5.96 Å². The normalized spacial score (nSPS) is 20.5. The molecule has 6 heteroatoms. The Balaban J connectivity index is 2.52. The molecule has 0 spiro atoms. The summed E-state index contributed by atoms with van der Waals surface area (Å²) in [5.41, 5.74) is 3.58. The van der Waals surface area contributed by atoms with Gasteiger partial charge in [0.15, 0.2) is 5.96 Å². The summed E-state index contributed by atoms with van der Waals surface area (Å²) in [5, 5.41) is 2.27. The fraction of sp³-hybridized carbons (Fsp3) is 0.889. The minimum absolute atomic E-state index is 0.0778. The molecular weight excluding hydrogens is 207 g/mol. The first-order valence-electron chi connectivity index (χ1n) is 4.92. The van der Waals surface area contributed by atoms with Crippen molar-refractivity contribution in [3.8, 4) is 0 Å². The highest BCUT2D eigenvalue weighted by Gasteiger charge is 2.63. The second-order valence-electron chi connectivity index (χ2n) is 4.32. The lowest BCUT2D eigenvalue weighted by molar-refractivity contribution is -0.161. The molecule has 1 fully saturated rings. The third kappa shape index (κ3) is 3.00. The number of nitrogens with zero attached hydrogens (tertiary/aromatic N) is 1. The van der Waals surface area contributed by atoms with E-state index in [0.29, 0.717) is 6.54 Å². The molecule has 0 heterocycles. The van der Waals surface area contributed by atoms with Gasteiger partial charge in [-0.25, -0.2) is 0 Å². The number of rotatable bonds is 3. The average molecular weight is 223 g/mol. The van der Waals surface area contributed by atoms with Gasteiger partial charge in [0.25, 0.3) is 0 Å². The molecule has 88 valence electrons. The molecule has 1 saturated carbocycles. The van der Waals surface area contributed by atoms with Gasteiger partial charge in [-0.1, -0.05) is 13.8 Å². The Morgan fingerprint density at radius 3 is 2.33 bits per heavy atom. The molecule has 0 atom stereocenters. The highest BCUT2D eigenvalue weighted by molar-refractivity contribution is 5.79. The van der Waals surface area contributed by atoms with Crippen LogP contribution in [-0.4, -0.2) is 24.2 Å². The van der Waals surface area contributed by atoms with Crippen molar-refractivity contribution < 1.29 is 13.2 Å². The summed E-state index contributed by atoms with van der Waals surface area (Å²) in [6.45, 7) is 4.29. The van der Waals surface area contributed by atoms with Gasteiger partial charge in [-0.2, -0.15) is 13.2 Å². The van der Waals surface area contributed by atoms with Crippen LogP contribution in [0, 0.1) is 5.92 Å². The Labute approximate surface area is 86.9 Å². The summed E-state index contributed by atoms with van der Waals surface area (Å²) in [5.74, 6) is 0.171. The fourth-order valence-electron chi connectivity index (χ4n) is 1.17. The van der Waals surface area contributed by atoms with E-state index < -0.39 is 11.7 Å². The summed E-state index contributed by atoms with van der Waals surface area (Å²) in [6, 6.07) is 0. The maximum Gasteiger partial charge on any atom is 0.411 e. The van der Waals surface area contributed by atoms with Crippen molar-refractivity contribution in [2.24, 2.45) is 16.6 Å². The molecule has 0 radical (unpaired) electrons. The number of nitrogens with two attached hydrogens (primary N) is 1. The molecule has 0 aromatic carbocycles. The maximum atomic E-state index is 12.5. The van der Waals surface area contributed by atoms with Crippen molar-refractivity contribution in [1.29, 1.82) is 0 Å². The zero-order valence-corrected chi connectivity index (χ0v) is 8.86. The van der Waals surface area contributed by atoms with Crippen LogP contribution in [0.1, 0.15) is 26.7 Å². The number of aliphatic imine (C=N–C) groups is 1. The summed E-state index contributed by atoms with van der Waals surface area (Å²) < 4.78 is 37.4. The van der Waals surface area contributed by atoms with Crippen LogP contribution in [-0.2, 0) is 0 Å². The molecule has 0 unspecified atom stereocenters. The second kappa shape index (κ2) is 3.90. The molecular formula is C9H16F3N3. The van der Waals surface area contributed by atoms with Gasteiger partial charge >= 0.3 is 6.18 Å². The van der Waals surface area contributed by atoms with Crippen LogP contribution >= 0.6 is 0 Å². The maximum absolute atomic E-state index is 12.5. The van der Waals surface area contributed by atoms with Crippen LogP contribution in [0.4, 0.5) is 13.2 Å². The van der Waals surface area contributed by atoms with E-state index in [1.807, 2.05) is 13.8 Å². The van der Waals surface area contributed by atoms with E-state index in [1.165, 1.54) is 0 Å². The first-order valence-corrected chi connectivity index (χ1v) is 4.92. The minimum atomic E-state index is -4.25. The predicted octanol–water partition coefficient (Wildman–Crippen LogP) is 1.64. The van der Waals surface area contributed by atoms with Crippen LogP contribution in [0.5, 0.6) is 0 Å². The lowest BCUT2D eigenvalue weighted by Crippen LogP contribution is -2.50. The van der Waals surface area contributed by atoms with Crippen LogP contribution in [0.3, 0.4) is 0 Å². The third-order valence-electron chi connectivity index (χ3n) is 2.29. The molecule has 1 rings (SSSR count). The first-order chi connectivity index (χ1) is 6.77. The summed E-state index contributed by atoms with van der Waals surface area (Å²) in [4.78, 5) is 3.85. The standard InChI is InChI=1S/C9H16F3N3/c1-6(2)5-14-7(13)15-8(3-4-8)9(10,11)12/h6H,3-5H2,1-2H3,(H3,13,14,15). The van der Waals surface area contributed by atoms with Crippen molar-refractivity contribution in [3.05, 3.63) is 0 Å². The van der Waals surface area contributed by atoms with E-state index in [9.17, 15) is 13.2 Å². The lowest BCUT2D eigenvalue weighted by Gasteiger charge is -2.21. The van der Waals surface area contributed by atoms with Crippen molar-refractivity contribution in [1.82, 2.24) is 5.32 Å². The molecule has 0 saturated heterocycles. The molecule has 0 bridgehead atoms. The second-order valence-corrected chi connectivity index (χ2v) is 4.32. The molecule has 3 N–H and O–H groups in total. The van der Waals surface area contributed by atoms with Gasteiger partial charge in [-0.15, -0.1) is 0 Å². The number of guanidine groups is 1. The van der Waals surface area contributed by atoms with Gasteiger partial charge in [0, 0.05) is 6.54 Å². The number of nitrogens with one attached hydrogen (secondary N) is 1. The summed E-state index contributed by atoms with van der Waals surface area (Å²) in [7, 11) is 0. The molecule has 0 aliphatic heterocycles. The highest BCUT2D eigenvalue weighted by atomic mass is 19.4. The van der Waals surface area contributed by atoms with Gasteiger partial charge in [0.1, 0.15) is 5.54 Å². The first kappa shape index (κ1) is 12.1. The predicted molar refractivity (Wildman–Crippen MR) is 52.5 cm³/mol. The highest BCUT2D eigenvalue weighted by Crippen LogP contribution is 2.48. The monoisotopic (exact) mass is 223 g/mol. The smallest absolute Gasteiger partial charge is 0.370 e. The topological polar surface area (TPSA) is 50.4 Å². The third-order valence-corrected chi connectivity index (χ3v) is 2.29. The van der Waals surface area contributed by atoms with Gasteiger partial charge < -0.3 is 11.1 Å². The minimum Gasteiger partial charge on any atom is -0.370 e. The Morgan fingerprint density at radius 1 is 1.47 bits per heavy atom. The van der Waals surface area contributed by atoms with E-state index in [4.69, 9.17) is 5.73 Å². The number of alkyl halides is 3. The van der Waals surface area contributed by atoms with Crippen molar-refractivity contribution in [2.45, 2.75) is 38.4 Å². The van der Waals surface area contributed by atoms with Crippen LogP contribution < -0.4 is 11.1 Å². The Hall–Kier alpha value is -0.940. The molecule has 15 heavy (non-hydrogen) atoms. The number of halogens is 3. The van der Waals surface area contributed by atoms with Crippen LogP contribution in [0.2, 0.25) is 0 Å². The number of hydrogen-bond donors (Lipinski definition) is 2. The molecule has 0 aromatic heterocycles. The van der Waals surface area contributed by atoms with Gasteiger partial charge in [0.2, 0.25) is 0 Å². The van der Waals surface area contributed by atoms with Gasteiger partial charge in [-0.05, 0) is 18.8 Å². The zero-order valence-electron chi connectivity index (χ0n) is 8.86. The van der Waals surface area contributed by atoms with Crippen LogP contribution in [0.15, 0.2) is 4.99 Å². The lowest BCUT2D eigenvalue weighted by atomic mass is 10.2. The average Bonchev–Trinajstić information content (AvgIpc) is 2.80. The Bertz CT molecular complexity index is 254. The van der Waals surface area contributed by atoms with E-state index >= 15 is 0 Å². The largest absolute Gasteiger partial charge is 0.411 e. The molecule has 0 amide bonds. The quantitative estimate of drug-likeness (QED) is 0.564. The molecule has 1 aliphatic rings. The van der Waals surface area contributed by atoms with E-state index in [2.05, 4.69) is 10.3 Å². The van der Waals surface area contributed by atoms with E-state index in [1.54, 1.807) is 0 Å². The van der Waals surface area contributed by atoms with Gasteiger partial charge in [0.05, 0.1) is 0 Å². The summed E-state index contributed by atoms with van der Waals surface area (Å²) in [6.07, 6.45) is -4.09. The fourth-order valence-corrected chi connectivity index (χ4v) is 1.17. The van der Waals surface area contributed by atoms with E-state index in [0.717, 1.165) is 0 Å². The Kier molecular flexibility index (Phi) is 3.16. The molecule has 1 aliphatic carbocycles. The number of hydrogen-bond acceptors (Lipinski definition) is 1. The molecule has 3 nitrogen and oxygen atoms in total. The zero-order chi connectivity index (χ0) is 11.7.